The SMILES string of the molecule is COc1ccc2c(c1)cc(C(=O)c1cc3cc(Br)ccc3n1S(=O)(=O)c1ccccc1)n2S(=O)(=O)c1ccccc1. The number of rotatable bonds is 7. The molecule has 6 aromatic rings. The smallest absolute Gasteiger partial charge is 0.268 e. The maximum Gasteiger partial charge on any atom is 0.268 e. The number of nitrogens with zero attached hydrogens (tertiary/aromatic N) is 2. The molecule has 2 aromatic heterocycles. The van der Waals surface area contributed by atoms with Crippen molar-refractivity contribution in [2.24, 2.45) is 0 Å². The molecule has 0 saturated carbocycles. The van der Waals surface area contributed by atoms with Crippen LogP contribution in [0.15, 0.2) is 123 Å². The molecule has 0 aliphatic carbocycles. The Morgan fingerprint density at radius 2 is 1.10 bits per heavy atom. The zero-order valence-corrected chi connectivity index (χ0v) is 24.6. The summed E-state index contributed by atoms with van der Waals surface area (Å²) in [7, 11) is -7.05. The topological polar surface area (TPSA) is 104 Å². The van der Waals surface area contributed by atoms with Crippen molar-refractivity contribution in [1.29, 1.82) is 0 Å². The minimum Gasteiger partial charge on any atom is -0.497 e. The number of halogens is 1. The number of ether oxygens (including phenoxy) is 1. The fourth-order valence-electron chi connectivity index (χ4n) is 4.82. The van der Waals surface area contributed by atoms with Gasteiger partial charge in [0.1, 0.15) is 17.1 Å². The van der Waals surface area contributed by atoms with E-state index in [1.807, 2.05) is 0 Å². The van der Waals surface area contributed by atoms with E-state index < -0.39 is 25.8 Å². The van der Waals surface area contributed by atoms with E-state index >= 15 is 0 Å². The quantitative estimate of drug-likeness (QED) is 0.195. The lowest BCUT2D eigenvalue weighted by molar-refractivity contribution is 0.102. The molecule has 0 unspecified atom stereocenters. The molecule has 4 aromatic carbocycles. The molecule has 0 fully saturated rings. The Balaban J connectivity index is 1.67. The molecule has 41 heavy (non-hydrogen) atoms. The van der Waals surface area contributed by atoms with Crippen LogP contribution in [0.2, 0.25) is 0 Å². The van der Waals surface area contributed by atoms with Crippen molar-refractivity contribution in [3.05, 3.63) is 125 Å². The zero-order valence-electron chi connectivity index (χ0n) is 21.4. The predicted octanol–water partition coefficient (Wildman–Crippen LogP) is 6.07. The van der Waals surface area contributed by atoms with Crippen LogP contribution in [0.1, 0.15) is 16.2 Å². The van der Waals surface area contributed by atoms with Crippen LogP contribution in [-0.4, -0.2) is 37.7 Å². The van der Waals surface area contributed by atoms with Gasteiger partial charge in [-0.25, -0.2) is 24.8 Å². The first kappa shape index (κ1) is 27.0. The Hall–Kier alpha value is -4.19. The van der Waals surface area contributed by atoms with Gasteiger partial charge in [0.15, 0.2) is 0 Å². The number of carbonyl (C=O) groups is 1. The van der Waals surface area contributed by atoms with Gasteiger partial charge in [-0.2, -0.15) is 0 Å². The van der Waals surface area contributed by atoms with Gasteiger partial charge in [0, 0.05) is 15.2 Å². The van der Waals surface area contributed by atoms with Crippen molar-refractivity contribution in [3.8, 4) is 5.75 Å². The minimum absolute atomic E-state index is 0.0170. The normalized spacial score (nSPS) is 12.1. The molecule has 0 radical (unpaired) electrons. The molecule has 0 atom stereocenters. The zero-order chi connectivity index (χ0) is 28.9. The molecule has 206 valence electrons. The first-order valence-corrected chi connectivity index (χ1v) is 16.0. The molecule has 8 nitrogen and oxygen atoms in total. The van der Waals surface area contributed by atoms with Gasteiger partial charge in [0.2, 0.25) is 5.78 Å². The Morgan fingerprint density at radius 3 is 1.59 bits per heavy atom. The van der Waals surface area contributed by atoms with Gasteiger partial charge in [0.25, 0.3) is 20.0 Å². The Labute approximate surface area is 244 Å². The summed E-state index contributed by atoms with van der Waals surface area (Å²) in [5.74, 6) is -0.317. The van der Waals surface area contributed by atoms with Crippen LogP contribution in [0.4, 0.5) is 0 Å². The van der Waals surface area contributed by atoms with Crippen LogP contribution in [0.3, 0.4) is 0 Å². The van der Waals surface area contributed by atoms with Gasteiger partial charge < -0.3 is 4.74 Å². The van der Waals surface area contributed by atoms with E-state index in [0.29, 0.717) is 21.0 Å². The van der Waals surface area contributed by atoms with Gasteiger partial charge in [-0.3, -0.25) is 4.79 Å². The summed E-state index contributed by atoms with van der Waals surface area (Å²) in [6, 6.07) is 28.1. The minimum atomic E-state index is -4.27. The molecule has 6 rings (SSSR count). The van der Waals surface area contributed by atoms with E-state index in [2.05, 4.69) is 15.9 Å². The summed E-state index contributed by atoms with van der Waals surface area (Å²) in [6.45, 7) is 0. The van der Waals surface area contributed by atoms with Gasteiger partial charge >= 0.3 is 0 Å². The summed E-state index contributed by atoms with van der Waals surface area (Å²) in [6.07, 6.45) is 0. The maximum atomic E-state index is 14.4. The van der Waals surface area contributed by atoms with E-state index in [0.717, 1.165) is 7.94 Å². The second-order valence-electron chi connectivity index (χ2n) is 9.18. The lowest BCUT2D eigenvalue weighted by atomic mass is 10.2. The molecule has 0 aliphatic rings. The van der Waals surface area contributed by atoms with E-state index in [4.69, 9.17) is 4.74 Å². The van der Waals surface area contributed by atoms with Crippen LogP contribution in [0, 0.1) is 0 Å². The highest BCUT2D eigenvalue weighted by atomic mass is 79.9. The first-order chi connectivity index (χ1) is 19.6. The second-order valence-corrected chi connectivity index (χ2v) is 13.7. The molecule has 11 heteroatoms. The number of aromatic nitrogens is 2. The number of fused-ring (bicyclic) bond motifs is 2. The summed E-state index contributed by atoms with van der Waals surface area (Å²) in [4.78, 5) is 14.4. The summed E-state index contributed by atoms with van der Waals surface area (Å²) in [5, 5.41) is 0.918. The summed E-state index contributed by atoms with van der Waals surface area (Å²) < 4.78 is 63.9. The fourth-order valence-corrected chi connectivity index (χ4v) is 8.26. The van der Waals surface area contributed by atoms with Crippen LogP contribution >= 0.6 is 15.9 Å². The van der Waals surface area contributed by atoms with Gasteiger partial charge in [-0.15, -0.1) is 0 Å². The van der Waals surface area contributed by atoms with Crippen molar-refractivity contribution in [2.75, 3.05) is 7.11 Å². The predicted molar refractivity (Wildman–Crippen MR) is 160 cm³/mol. The van der Waals surface area contributed by atoms with E-state index in [-0.39, 0.29) is 32.2 Å². The summed E-state index contributed by atoms with van der Waals surface area (Å²) >= 11 is 3.41. The second kappa shape index (κ2) is 10.0. The van der Waals surface area contributed by atoms with Crippen LogP contribution in [-0.2, 0) is 20.0 Å². The average molecular weight is 650 g/mol. The lowest BCUT2D eigenvalue weighted by Crippen LogP contribution is -2.23. The molecule has 2 heterocycles. The van der Waals surface area contributed by atoms with Crippen LogP contribution in [0.5, 0.6) is 5.75 Å². The third-order valence-electron chi connectivity index (χ3n) is 6.71. The van der Waals surface area contributed by atoms with Crippen molar-refractivity contribution in [2.45, 2.75) is 9.79 Å². The van der Waals surface area contributed by atoms with Crippen molar-refractivity contribution in [3.63, 3.8) is 0 Å². The van der Waals surface area contributed by atoms with E-state index in [9.17, 15) is 21.6 Å². The maximum absolute atomic E-state index is 14.4. The van der Waals surface area contributed by atoms with Gasteiger partial charge in [-0.05, 0) is 72.8 Å². The molecular formula is C30H21BrN2O6S2. The van der Waals surface area contributed by atoms with Gasteiger partial charge in [-0.1, -0.05) is 52.3 Å². The Kier molecular flexibility index (Phi) is 6.60. The van der Waals surface area contributed by atoms with Crippen LogP contribution < -0.4 is 4.74 Å². The molecule has 0 N–H and O–H groups in total. The summed E-state index contributed by atoms with van der Waals surface area (Å²) in [5.41, 5.74) is 0.0923. The number of hydrogen-bond donors (Lipinski definition) is 0. The third kappa shape index (κ3) is 4.46. The standard InChI is InChI=1S/C30H21BrN2O6S2/c1-39-23-13-15-27-21(17-23)19-29(33(27)41(37,38)25-10-6-3-7-11-25)30(34)28-18-20-16-22(31)12-14-26(20)32(28)40(35,36)24-8-4-2-5-9-24/h2-19H,1H3. The monoisotopic (exact) mass is 648 g/mol. The largest absolute Gasteiger partial charge is 0.497 e. The highest BCUT2D eigenvalue weighted by Gasteiger charge is 2.32. The molecular weight excluding hydrogens is 628 g/mol. The Bertz CT molecular complexity index is 2190. The number of methoxy groups -OCH3 is 1. The first-order valence-electron chi connectivity index (χ1n) is 12.3. The van der Waals surface area contributed by atoms with Crippen LogP contribution in [0.25, 0.3) is 21.8 Å². The van der Waals surface area contributed by atoms with Crippen molar-refractivity contribution >= 4 is 63.6 Å². The lowest BCUT2D eigenvalue weighted by Gasteiger charge is -2.14. The number of ketones is 1. The van der Waals surface area contributed by atoms with E-state index in [1.165, 1.54) is 43.5 Å². The number of hydrogen-bond acceptors (Lipinski definition) is 6. The highest BCUT2D eigenvalue weighted by molar-refractivity contribution is 9.10. The molecule has 0 saturated heterocycles. The number of carbonyl (C=O) groups excluding carboxylic acids is 1. The molecule has 0 spiro atoms. The molecule has 0 aliphatic heterocycles. The Morgan fingerprint density at radius 1 is 0.634 bits per heavy atom. The fraction of sp³-hybridized carbons (Fsp3) is 0.0333. The highest BCUT2D eigenvalue weighted by Crippen LogP contribution is 2.33. The van der Waals surface area contributed by atoms with E-state index in [1.54, 1.807) is 72.8 Å². The molecule has 0 amide bonds. The van der Waals surface area contributed by atoms with Crippen molar-refractivity contribution < 1.29 is 26.4 Å². The van der Waals surface area contributed by atoms with Crippen molar-refractivity contribution in [1.82, 2.24) is 7.94 Å². The van der Waals surface area contributed by atoms with Gasteiger partial charge in [0.05, 0.1) is 27.9 Å². The molecule has 0 bridgehead atoms. The number of benzene rings is 4. The average Bonchev–Trinajstić information content (AvgIpc) is 3.56. The third-order valence-corrected chi connectivity index (χ3v) is 10.7.